The molecule has 1 atom stereocenters. The van der Waals surface area contributed by atoms with Gasteiger partial charge in [0.25, 0.3) is 5.60 Å². The first kappa shape index (κ1) is 27.6. The Hall–Kier alpha value is -5.96. The first-order valence-corrected chi connectivity index (χ1v) is 12.4. The van der Waals surface area contributed by atoms with Gasteiger partial charge in [0.2, 0.25) is 5.88 Å². The molecule has 0 N–H and O–H groups in total. The number of rotatable bonds is 7. The molecule has 1 aliphatic heterocycles. The first-order valence-electron chi connectivity index (χ1n) is 12.4. The second-order valence-electron chi connectivity index (χ2n) is 8.55. The Labute approximate surface area is 238 Å². The Morgan fingerprint density at radius 3 is 2.19 bits per heavy atom. The van der Waals surface area contributed by atoms with Crippen molar-refractivity contribution < 1.29 is 42.6 Å². The largest absolute Gasteiger partial charge is 0.539 e. The van der Waals surface area contributed by atoms with E-state index in [1.165, 1.54) is 42.6 Å². The Balaban J connectivity index is 1.66. The van der Waals surface area contributed by atoms with Crippen molar-refractivity contribution >= 4 is 23.9 Å². The molecule has 4 aromatic rings. The van der Waals surface area contributed by atoms with Crippen molar-refractivity contribution in [3.8, 4) is 23.4 Å². The number of hydroxylamine groups is 1. The molecular formula is C30H20FN3O8. The van der Waals surface area contributed by atoms with Crippen molar-refractivity contribution in [1.29, 1.82) is 5.26 Å². The van der Waals surface area contributed by atoms with Gasteiger partial charge in [-0.2, -0.15) is 5.26 Å². The quantitative estimate of drug-likeness (QED) is 0.209. The molecule has 3 aromatic carbocycles. The van der Waals surface area contributed by atoms with Gasteiger partial charge >= 0.3 is 18.2 Å². The molecule has 1 aliphatic rings. The van der Waals surface area contributed by atoms with Crippen molar-refractivity contribution in [2.45, 2.75) is 12.5 Å². The molecule has 42 heavy (non-hydrogen) atoms. The second kappa shape index (κ2) is 11.6. The molecule has 1 unspecified atom stereocenters. The molecule has 11 nitrogen and oxygen atoms in total. The van der Waals surface area contributed by atoms with Crippen LogP contribution in [0.5, 0.6) is 17.4 Å². The minimum absolute atomic E-state index is 0.0934. The molecule has 0 spiro atoms. The molecular weight excluding hydrogens is 549 g/mol. The van der Waals surface area contributed by atoms with Crippen LogP contribution in [0.4, 0.5) is 19.7 Å². The van der Waals surface area contributed by atoms with Gasteiger partial charge in [-0.3, -0.25) is 9.63 Å². The zero-order valence-electron chi connectivity index (χ0n) is 21.9. The summed E-state index contributed by atoms with van der Waals surface area (Å²) in [5.41, 5.74) is -3.67. The van der Waals surface area contributed by atoms with Crippen molar-refractivity contribution in [3.05, 3.63) is 114 Å². The van der Waals surface area contributed by atoms with Gasteiger partial charge in [-0.25, -0.2) is 19.0 Å². The summed E-state index contributed by atoms with van der Waals surface area (Å²) in [4.78, 5) is 49.7. The number of fused-ring (bicyclic) bond motifs is 1. The molecule has 1 amide bonds. The Morgan fingerprint density at radius 1 is 0.929 bits per heavy atom. The summed E-state index contributed by atoms with van der Waals surface area (Å²) in [6.45, 7) is 1.77. The fourth-order valence-electron chi connectivity index (χ4n) is 4.29. The van der Waals surface area contributed by atoms with Crippen molar-refractivity contribution in [3.63, 3.8) is 0 Å². The molecule has 0 saturated heterocycles. The van der Waals surface area contributed by atoms with Gasteiger partial charge < -0.3 is 18.9 Å². The minimum atomic E-state index is -2.51. The summed E-state index contributed by atoms with van der Waals surface area (Å²) in [5.74, 6) is -2.15. The van der Waals surface area contributed by atoms with E-state index in [1.54, 1.807) is 49.4 Å². The fourth-order valence-corrected chi connectivity index (χ4v) is 4.29. The third-order valence-electron chi connectivity index (χ3n) is 6.01. The number of hydrogen-bond donors (Lipinski definition) is 0. The molecule has 0 bridgehead atoms. The van der Waals surface area contributed by atoms with E-state index in [0.717, 1.165) is 12.1 Å². The predicted octanol–water partition coefficient (Wildman–Crippen LogP) is 5.43. The number of ether oxygens (including phenoxy) is 4. The predicted molar refractivity (Wildman–Crippen MR) is 142 cm³/mol. The van der Waals surface area contributed by atoms with Crippen LogP contribution in [0.15, 0.2) is 91.1 Å². The molecule has 5 rings (SSSR count). The van der Waals surface area contributed by atoms with E-state index in [-0.39, 0.29) is 40.8 Å². The molecule has 210 valence electrons. The number of hydrogen-bond acceptors (Lipinski definition) is 10. The summed E-state index contributed by atoms with van der Waals surface area (Å²) in [6, 6.07) is 22.0. The number of carbonyl (C=O) groups is 3. The van der Waals surface area contributed by atoms with Gasteiger partial charge in [0, 0.05) is 17.8 Å². The number of pyridine rings is 1. The zero-order valence-corrected chi connectivity index (χ0v) is 21.9. The van der Waals surface area contributed by atoms with Crippen molar-refractivity contribution in [1.82, 2.24) is 4.98 Å². The third-order valence-corrected chi connectivity index (χ3v) is 6.01. The van der Waals surface area contributed by atoms with E-state index in [9.17, 15) is 24.0 Å². The maximum absolute atomic E-state index is 14.9. The maximum Gasteiger partial charge on any atom is 0.539 e. The summed E-state index contributed by atoms with van der Waals surface area (Å²) in [6.07, 6.45) is -1.32. The van der Waals surface area contributed by atoms with Crippen LogP contribution in [-0.2, 0) is 20.0 Å². The Morgan fingerprint density at radius 2 is 1.57 bits per heavy atom. The van der Waals surface area contributed by atoms with Crippen LogP contribution < -0.4 is 19.3 Å². The number of aromatic nitrogens is 1. The number of anilines is 1. The topological polar surface area (TPSA) is 137 Å². The van der Waals surface area contributed by atoms with E-state index in [4.69, 9.17) is 23.8 Å². The lowest BCUT2D eigenvalue weighted by Crippen LogP contribution is -2.46. The smallest absolute Gasteiger partial charge is 0.478 e. The van der Waals surface area contributed by atoms with E-state index < -0.39 is 35.2 Å². The molecule has 12 heteroatoms. The van der Waals surface area contributed by atoms with E-state index in [2.05, 4.69) is 4.98 Å². The van der Waals surface area contributed by atoms with Gasteiger partial charge in [-0.15, -0.1) is 5.06 Å². The molecule has 0 saturated carbocycles. The number of halogens is 1. The van der Waals surface area contributed by atoms with Crippen molar-refractivity contribution in [2.75, 3.05) is 11.7 Å². The van der Waals surface area contributed by atoms with Gasteiger partial charge in [0.1, 0.15) is 23.4 Å². The average Bonchev–Trinajstić information content (AvgIpc) is 3.20. The van der Waals surface area contributed by atoms with Crippen LogP contribution in [0.1, 0.15) is 23.6 Å². The van der Waals surface area contributed by atoms with Gasteiger partial charge in [-0.05, 0) is 49.4 Å². The summed E-state index contributed by atoms with van der Waals surface area (Å²) >= 11 is 0. The van der Waals surface area contributed by atoms with Gasteiger partial charge in [0.15, 0.2) is 0 Å². The molecule has 1 aromatic heterocycles. The van der Waals surface area contributed by atoms with Crippen LogP contribution in [0.2, 0.25) is 0 Å². The summed E-state index contributed by atoms with van der Waals surface area (Å²) in [7, 11) is 0. The van der Waals surface area contributed by atoms with E-state index in [1.807, 2.05) is 0 Å². The molecule has 0 aliphatic carbocycles. The number of nitriles is 1. The van der Waals surface area contributed by atoms with Crippen LogP contribution in [-0.4, -0.2) is 29.8 Å². The monoisotopic (exact) mass is 569 g/mol. The highest BCUT2D eigenvalue weighted by molar-refractivity contribution is 6.10. The summed E-state index contributed by atoms with van der Waals surface area (Å²) < 4.78 is 36.7. The van der Waals surface area contributed by atoms with Crippen molar-refractivity contribution in [2.24, 2.45) is 0 Å². The Bertz CT molecular complexity index is 1690. The lowest BCUT2D eigenvalue weighted by molar-refractivity contribution is -0.139. The summed E-state index contributed by atoms with van der Waals surface area (Å²) in [5, 5.41) is 10.0. The fraction of sp³-hybridized carbons (Fsp3) is 0.100. The van der Waals surface area contributed by atoms with Crippen LogP contribution in [0, 0.1) is 17.1 Å². The highest BCUT2D eigenvalue weighted by Crippen LogP contribution is 2.50. The van der Waals surface area contributed by atoms with Gasteiger partial charge in [0.05, 0.1) is 23.4 Å². The zero-order chi connectivity index (χ0) is 29.7. The maximum atomic E-state index is 14.9. The SMILES string of the molecule is CCOc1ncccc1C1(OC(=O)Oc2ccccc2)C(=O)N(OC(=O)Oc2ccccc2)c2cc(F)c(C#N)cc21. The number of amides is 1. The normalized spacial score (nSPS) is 15.3. The molecule has 0 fully saturated rings. The minimum Gasteiger partial charge on any atom is -0.478 e. The van der Waals surface area contributed by atoms with E-state index in [0.29, 0.717) is 5.06 Å². The first-order chi connectivity index (χ1) is 20.4. The lowest BCUT2D eigenvalue weighted by atomic mass is 9.86. The highest BCUT2D eigenvalue weighted by atomic mass is 19.1. The van der Waals surface area contributed by atoms with Crippen LogP contribution in [0.25, 0.3) is 0 Å². The second-order valence-corrected chi connectivity index (χ2v) is 8.55. The van der Waals surface area contributed by atoms with Crippen LogP contribution >= 0.6 is 0 Å². The third kappa shape index (κ3) is 5.14. The number of nitrogens with zero attached hydrogens (tertiary/aromatic N) is 3. The lowest BCUT2D eigenvalue weighted by Gasteiger charge is -2.29. The average molecular weight is 570 g/mol. The van der Waals surface area contributed by atoms with E-state index >= 15 is 0 Å². The number of carbonyl (C=O) groups excluding carboxylic acids is 3. The van der Waals surface area contributed by atoms with Gasteiger partial charge in [-0.1, -0.05) is 36.4 Å². The highest BCUT2D eigenvalue weighted by Gasteiger charge is 2.60. The Kier molecular flexibility index (Phi) is 7.65. The number of benzene rings is 3. The number of para-hydroxylation sites is 2. The molecule has 0 radical (unpaired) electrons. The molecule has 2 heterocycles. The standard InChI is InChI=1S/C30H20FN3O8/c1-2-38-26-22(14-9-15-33-26)30(41-28(36)39-20-10-5-3-6-11-20)23-16-19(18-32)24(31)17-25(23)34(27(30)35)42-29(37)40-21-12-7-4-8-13-21/h3-17H,2H2,1H3. The van der Waals surface area contributed by atoms with Crippen LogP contribution in [0.3, 0.4) is 0 Å².